The summed E-state index contributed by atoms with van der Waals surface area (Å²) in [6, 6.07) is 4.57. The molecule has 1 saturated heterocycles. The number of ether oxygens (including phenoxy) is 1. The monoisotopic (exact) mass is 411 g/mol. The van der Waals surface area contributed by atoms with Gasteiger partial charge < -0.3 is 14.3 Å². The summed E-state index contributed by atoms with van der Waals surface area (Å²) in [7, 11) is -1.77. The van der Waals surface area contributed by atoms with Gasteiger partial charge in [0.05, 0.1) is 11.0 Å². The quantitative estimate of drug-likeness (QED) is 0.600. The van der Waals surface area contributed by atoms with Gasteiger partial charge in [-0.1, -0.05) is 12.6 Å². The lowest BCUT2D eigenvalue weighted by atomic mass is 9.48. The van der Waals surface area contributed by atoms with Gasteiger partial charge in [-0.15, -0.1) is 0 Å². The van der Waals surface area contributed by atoms with Gasteiger partial charge in [0.25, 0.3) is 0 Å². The smallest absolute Gasteiger partial charge is 0.242 e. The second kappa shape index (κ2) is 5.68. The van der Waals surface area contributed by atoms with Crippen molar-refractivity contribution in [3.8, 4) is 11.5 Å². The fourth-order valence-corrected chi connectivity index (χ4v) is 7.61. The predicted octanol–water partition coefficient (Wildman–Crippen LogP) is 4.02. The highest BCUT2D eigenvalue weighted by molar-refractivity contribution is 6.70. The van der Waals surface area contributed by atoms with Crippen LogP contribution < -0.4 is 9.16 Å². The second-order valence-corrected chi connectivity index (χ2v) is 15.5. The fourth-order valence-electron chi connectivity index (χ4n) is 6.79. The van der Waals surface area contributed by atoms with Gasteiger partial charge in [0.15, 0.2) is 5.75 Å². The Morgan fingerprint density at radius 3 is 2.79 bits per heavy atom. The van der Waals surface area contributed by atoms with Gasteiger partial charge >= 0.3 is 0 Å². The first-order valence-electron chi connectivity index (χ1n) is 11.4. The summed E-state index contributed by atoms with van der Waals surface area (Å²) in [5.74, 6) is 2.62. The molecular formula is C24H33NO3Si. The van der Waals surface area contributed by atoms with E-state index in [2.05, 4.69) is 43.3 Å². The third-order valence-corrected chi connectivity index (χ3v) is 8.94. The molecule has 3 aliphatic carbocycles. The maximum atomic E-state index is 12.4. The van der Waals surface area contributed by atoms with Gasteiger partial charge in [0.2, 0.25) is 8.32 Å². The maximum Gasteiger partial charge on any atom is 0.242 e. The van der Waals surface area contributed by atoms with Crippen molar-refractivity contribution in [1.82, 2.24) is 4.90 Å². The molecule has 0 radical (unpaired) electrons. The second-order valence-electron chi connectivity index (χ2n) is 11.1. The Hall–Kier alpha value is -1.30. The molecular weight excluding hydrogens is 378 g/mol. The van der Waals surface area contributed by atoms with Gasteiger partial charge in [0, 0.05) is 18.2 Å². The normalized spacial score (nSPS) is 37.9. The zero-order chi connectivity index (χ0) is 20.2. The van der Waals surface area contributed by atoms with Gasteiger partial charge in [-0.25, -0.2) is 0 Å². The summed E-state index contributed by atoms with van der Waals surface area (Å²) in [5, 5.41) is 12.4. The molecule has 1 N–H and O–H groups in total. The summed E-state index contributed by atoms with van der Waals surface area (Å²) in [4.78, 5) is 2.61. The molecule has 4 nitrogen and oxygen atoms in total. The molecule has 1 spiro atoms. The maximum absolute atomic E-state index is 12.4. The Kier molecular flexibility index (Phi) is 3.62. The summed E-state index contributed by atoms with van der Waals surface area (Å²) in [6.45, 7) is 13.2. The zero-order valence-corrected chi connectivity index (χ0v) is 19.0. The molecule has 6 rings (SSSR count). The van der Waals surface area contributed by atoms with Crippen LogP contribution in [0.3, 0.4) is 0 Å². The van der Waals surface area contributed by atoms with Crippen molar-refractivity contribution >= 4 is 8.32 Å². The lowest BCUT2D eigenvalue weighted by molar-refractivity contribution is -0.174. The molecule has 5 heteroatoms. The van der Waals surface area contributed by atoms with Crippen LogP contribution in [-0.2, 0) is 11.8 Å². The van der Waals surface area contributed by atoms with Crippen LogP contribution in [0.2, 0.25) is 19.6 Å². The highest BCUT2D eigenvalue weighted by Gasteiger charge is 2.72. The Labute approximate surface area is 175 Å². The van der Waals surface area contributed by atoms with Crippen molar-refractivity contribution < 1.29 is 14.3 Å². The van der Waals surface area contributed by atoms with Crippen molar-refractivity contribution in [3.63, 3.8) is 0 Å². The lowest BCUT2D eigenvalue weighted by Crippen LogP contribution is -2.75. The predicted molar refractivity (Wildman–Crippen MR) is 116 cm³/mol. The van der Waals surface area contributed by atoms with Crippen molar-refractivity contribution in [3.05, 3.63) is 35.4 Å². The van der Waals surface area contributed by atoms with E-state index >= 15 is 0 Å². The number of hydrogen-bond acceptors (Lipinski definition) is 4. The molecule has 156 valence electrons. The van der Waals surface area contributed by atoms with E-state index in [9.17, 15) is 5.11 Å². The van der Waals surface area contributed by atoms with Crippen LogP contribution in [0.1, 0.15) is 43.2 Å². The number of hydrogen-bond donors (Lipinski definition) is 1. The molecule has 0 aromatic heterocycles. The van der Waals surface area contributed by atoms with Gasteiger partial charge in [-0.3, -0.25) is 4.90 Å². The molecule has 5 aliphatic rings. The molecule has 1 aromatic rings. The van der Waals surface area contributed by atoms with Crippen LogP contribution in [0.15, 0.2) is 24.3 Å². The molecule has 2 saturated carbocycles. The van der Waals surface area contributed by atoms with Crippen LogP contribution in [-0.4, -0.2) is 49.2 Å². The first kappa shape index (κ1) is 18.5. The van der Waals surface area contributed by atoms with Crippen molar-refractivity contribution in [2.75, 3.05) is 13.1 Å². The number of likely N-dealkylation sites (tertiary alicyclic amines) is 1. The SMILES string of the molecule is C=C1CCC2(O)C3Cc4ccc(O[Si](C)(C)C)c5c4C2(CCN3CC2CC2)C1O5. The van der Waals surface area contributed by atoms with Crippen molar-refractivity contribution in [2.24, 2.45) is 5.92 Å². The average Bonchev–Trinajstić information content (AvgIpc) is 3.38. The van der Waals surface area contributed by atoms with Gasteiger partial charge in [-0.05, 0) is 87.8 Å². The first-order valence-corrected chi connectivity index (χ1v) is 14.8. The third kappa shape index (κ3) is 2.38. The molecule has 4 atom stereocenters. The number of nitrogens with zero attached hydrogens (tertiary/aromatic N) is 1. The van der Waals surface area contributed by atoms with Crippen LogP contribution in [0.5, 0.6) is 11.5 Å². The number of benzene rings is 1. The van der Waals surface area contributed by atoms with E-state index in [0.717, 1.165) is 61.8 Å². The molecule has 3 fully saturated rings. The molecule has 29 heavy (non-hydrogen) atoms. The Bertz CT molecular complexity index is 904. The zero-order valence-electron chi connectivity index (χ0n) is 18.0. The molecule has 2 bridgehead atoms. The van der Waals surface area contributed by atoms with E-state index < -0.39 is 13.9 Å². The Morgan fingerprint density at radius 1 is 1.28 bits per heavy atom. The molecule has 4 unspecified atom stereocenters. The minimum atomic E-state index is -1.77. The van der Waals surface area contributed by atoms with E-state index in [1.165, 1.54) is 24.0 Å². The first-order chi connectivity index (χ1) is 13.7. The molecule has 0 amide bonds. The van der Waals surface area contributed by atoms with Crippen LogP contribution >= 0.6 is 0 Å². The molecule has 1 aromatic carbocycles. The minimum Gasteiger partial charge on any atom is -0.542 e. The average molecular weight is 412 g/mol. The minimum absolute atomic E-state index is 0.118. The van der Waals surface area contributed by atoms with E-state index in [4.69, 9.17) is 9.16 Å². The molecule has 2 aliphatic heterocycles. The third-order valence-electron chi connectivity index (χ3n) is 8.11. The summed E-state index contributed by atoms with van der Waals surface area (Å²) in [5.41, 5.74) is 2.67. The van der Waals surface area contributed by atoms with E-state index in [-0.39, 0.29) is 17.6 Å². The van der Waals surface area contributed by atoms with Crippen molar-refractivity contribution in [2.45, 2.75) is 81.3 Å². The number of rotatable bonds is 4. The lowest BCUT2D eigenvalue weighted by Gasteiger charge is -2.63. The Balaban J connectivity index is 1.53. The highest BCUT2D eigenvalue weighted by Crippen LogP contribution is 2.66. The van der Waals surface area contributed by atoms with E-state index in [1.54, 1.807) is 0 Å². The topological polar surface area (TPSA) is 41.9 Å². The number of piperidine rings is 1. The fraction of sp³-hybridized carbons (Fsp3) is 0.667. The van der Waals surface area contributed by atoms with E-state index in [0.29, 0.717) is 0 Å². The van der Waals surface area contributed by atoms with Gasteiger partial charge in [-0.2, -0.15) is 0 Å². The van der Waals surface area contributed by atoms with Crippen LogP contribution in [0.25, 0.3) is 0 Å². The summed E-state index contributed by atoms with van der Waals surface area (Å²) >= 11 is 0. The van der Waals surface area contributed by atoms with Crippen molar-refractivity contribution in [1.29, 1.82) is 0 Å². The molecule has 2 heterocycles. The summed E-state index contributed by atoms with van der Waals surface area (Å²) in [6.07, 6.45) is 6.11. The van der Waals surface area contributed by atoms with Gasteiger partial charge in [0.1, 0.15) is 11.9 Å². The summed E-state index contributed by atoms with van der Waals surface area (Å²) < 4.78 is 13.1. The highest BCUT2D eigenvalue weighted by atomic mass is 28.4. The van der Waals surface area contributed by atoms with Crippen LogP contribution in [0.4, 0.5) is 0 Å². The van der Waals surface area contributed by atoms with E-state index in [1.807, 2.05) is 0 Å². The Morgan fingerprint density at radius 2 is 2.07 bits per heavy atom. The van der Waals surface area contributed by atoms with Crippen LogP contribution in [0, 0.1) is 5.92 Å². The largest absolute Gasteiger partial charge is 0.542 e. The number of aliphatic hydroxyl groups is 1. The standard InChI is InChI=1S/C24H33NO3Si/c1-15-9-10-24(26)19-13-17-7-8-18(28-29(2,3)4)21-20(17)23(24,22(15)27-21)11-12-25(19)14-16-5-6-16/h7-8,16,19,22,26H,1,5-6,9-14H2,2-4H3.